The Balaban J connectivity index is 1.61. The largest absolute Gasteiger partial charge is 0.325 e. The Bertz CT molecular complexity index is 1280. The lowest BCUT2D eigenvalue weighted by atomic mass is 10.2. The second kappa shape index (κ2) is 9.73. The fourth-order valence-corrected chi connectivity index (χ4v) is 4.16. The highest BCUT2D eigenvalue weighted by Gasteiger charge is 2.19. The Morgan fingerprint density at radius 1 is 1.03 bits per heavy atom. The number of thioether (sulfide) groups is 1. The Hall–Kier alpha value is -2.87. The van der Waals surface area contributed by atoms with Crippen molar-refractivity contribution in [2.45, 2.75) is 12.1 Å². The maximum atomic E-state index is 13.3. The van der Waals surface area contributed by atoms with Crippen molar-refractivity contribution in [2.75, 3.05) is 11.1 Å². The number of benzene rings is 3. The lowest BCUT2D eigenvalue weighted by Gasteiger charge is -2.12. The third kappa shape index (κ3) is 4.96. The molecule has 1 aromatic heterocycles. The molecule has 0 bridgehead atoms. The zero-order valence-corrected chi connectivity index (χ0v) is 19.2. The number of halogens is 3. The number of aromatic nitrogens is 3. The second-order valence-electron chi connectivity index (χ2n) is 6.92. The van der Waals surface area contributed by atoms with Crippen LogP contribution in [0.15, 0.2) is 71.9 Å². The zero-order chi connectivity index (χ0) is 22.7. The fraction of sp³-hybridized carbons (Fsp3) is 0.0870. The minimum atomic E-state index is -0.544. The average Bonchev–Trinajstić information content (AvgIpc) is 3.19. The minimum Gasteiger partial charge on any atom is -0.325 e. The van der Waals surface area contributed by atoms with Crippen LogP contribution < -0.4 is 5.32 Å². The van der Waals surface area contributed by atoms with Gasteiger partial charge in [-0.1, -0.05) is 64.8 Å². The maximum absolute atomic E-state index is 13.3. The summed E-state index contributed by atoms with van der Waals surface area (Å²) in [7, 11) is 0. The first kappa shape index (κ1) is 22.3. The quantitative estimate of drug-likeness (QED) is 0.319. The number of nitrogens with zero attached hydrogens (tertiary/aromatic N) is 3. The molecule has 0 fully saturated rings. The van der Waals surface area contributed by atoms with E-state index in [0.717, 1.165) is 16.8 Å². The Morgan fingerprint density at radius 2 is 1.78 bits per heavy atom. The van der Waals surface area contributed by atoms with Gasteiger partial charge in [0.15, 0.2) is 11.0 Å². The molecule has 0 radical (unpaired) electrons. The van der Waals surface area contributed by atoms with Crippen LogP contribution in [0, 0.1) is 12.7 Å². The number of rotatable bonds is 6. The molecule has 0 unspecified atom stereocenters. The molecule has 0 atom stereocenters. The van der Waals surface area contributed by atoms with Crippen LogP contribution in [0.3, 0.4) is 0 Å². The van der Waals surface area contributed by atoms with E-state index < -0.39 is 5.82 Å². The van der Waals surface area contributed by atoms with Gasteiger partial charge < -0.3 is 5.32 Å². The molecule has 0 aliphatic carbocycles. The molecule has 4 aromatic rings. The predicted molar refractivity (Wildman–Crippen MR) is 127 cm³/mol. The van der Waals surface area contributed by atoms with Crippen molar-refractivity contribution in [2.24, 2.45) is 0 Å². The van der Waals surface area contributed by atoms with E-state index in [0.29, 0.717) is 21.7 Å². The molecule has 3 aromatic carbocycles. The van der Waals surface area contributed by atoms with Crippen molar-refractivity contribution < 1.29 is 9.18 Å². The summed E-state index contributed by atoms with van der Waals surface area (Å²) in [5, 5.41) is 12.4. The van der Waals surface area contributed by atoms with Crippen LogP contribution >= 0.6 is 35.0 Å². The lowest BCUT2D eigenvalue weighted by Crippen LogP contribution is -2.14. The summed E-state index contributed by atoms with van der Waals surface area (Å²) in [5.74, 6) is -0.179. The van der Waals surface area contributed by atoms with Crippen LogP contribution in [0.5, 0.6) is 0 Å². The third-order valence-corrected chi connectivity index (χ3v) is 6.12. The molecule has 32 heavy (non-hydrogen) atoms. The zero-order valence-electron chi connectivity index (χ0n) is 16.8. The number of anilines is 1. The Labute approximate surface area is 198 Å². The number of aryl methyl sites for hydroxylation is 1. The highest BCUT2D eigenvalue weighted by atomic mass is 35.5. The third-order valence-electron chi connectivity index (χ3n) is 4.58. The van der Waals surface area contributed by atoms with Crippen LogP contribution in [-0.2, 0) is 4.79 Å². The van der Waals surface area contributed by atoms with Crippen LogP contribution in [0.4, 0.5) is 10.1 Å². The van der Waals surface area contributed by atoms with E-state index in [1.807, 2.05) is 54.0 Å². The van der Waals surface area contributed by atoms with Crippen LogP contribution in [-0.4, -0.2) is 26.4 Å². The molecule has 0 saturated heterocycles. The van der Waals surface area contributed by atoms with Crippen LogP contribution in [0.25, 0.3) is 17.1 Å². The number of carbonyl (C=O) groups excluding carboxylic acids is 1. The standard InChI is InChI=1S/C23H17Cl2FN4OS/c1-14-6-9-16(10-7-14)30-22(17-4-2-3-5-18(17)24)28-29-23(30)32-13-21(31)27-15-8-11-20(26)19(25)12-15/h2-12H,13H2,1H3,(H,27,31). The topological polar surface area (TPSA) is 59.8 Å². The van der Waals surface area contributed by atoms with Gasteiger partial charge in [-0.3, -0.25) is 9.36 Å². The van der Waals surface area contributed by atoms with Crippen LogP contribution in [0.2, 0.25) is 10.0 Å². The van der Waals surface area contributed by atoms with Gasteiger partial charge in [0.25, 0.3) is 0 Å². The van der Waals surface area contributed by atoms with E-state index in [2.05, 4.69) is 15.5 Å². The maximum Gasteiger partial charge on any atom is 0.234 e. The molecular formula is C23H17Cl2FN4OS. The van der Waals surface area contributed by atoms with E-state index in [-0.39, 0.29) is 16.7 Å². The van der Waals surface area contributed by atoms with Crippen LogP contribution in [0.1, 0.15) is 5.56 Å². The average molecular weight is 487 g/mol. The molecule has 4 rings (SSSR count). The molecule has 0 aliphatic heterocycles. The number of nitrogens with one attached hydrogen (secondary N) is 1. The first-order chi connectivity index (χ1) is 15.4. The van der Waals surface area contributed by atoms with Gasteiger partial charge in [-0.2, -0.15) is 0 Å². The normalized spacial score (nSPS) is 10.9. The summed E-state index contributed by atoms with van der Waals surface area (Å²) in [4.78, 5) is 12.5. The molecule has 1 heterocycles. The van der Waals surface area contributed by atoms with Crippen molar-refractivity contribution in [1.29, 1.82) is 0 Å². The van der Waals surface area contributed by atoms with Crippen molar-refractivity contribution in [3.8, 4) is 17.1 Å². The highest BCUT2D eigenvalue weighted by Crippen LogP contribution is 2.32. The molecule has 0 spiro atoms. The molecule has 0 aliphatic rings. The summed E-state index contributed by atoms with van der Waals surface area (Å²) in [6.45, 7) is 2.01. The first-order valence-corrected chi connectivity index (χ1v) is 11.3. The summed E-state index contributed by atoms with van der Waals surface area (Å²) >= 11 is 13.4. The van der Waals surface area contributed by atoms with E-state index >= 15 is 0 Å². The summed E-state index contributed by atoms with van der Waals surface area (Å²) in [5.41, 5.74) is 3.12. The molecular weight excluding hydrogens is 470 g/mol. The Kier molecular flexibility index (Phi) is 6.79. The molecule has 5 nitrogen and oxygen atoms in total. The van der Waals surface area contributed by atoms with Crippen molar-refractivity contribution in [3.63, 3.8) is 0 Å². The van der Waals surface area contributed by atoms with Crippen molar-refractivity contribution >= 4 is 46.6 Å². The van der Waals surface area contributed by atoms with E-state index in [9.17, 15) is 9.18 Å². The number of amides is 1. The van der Waals surface area contributed by atoms with Gasteiger partial charge in [0.05, 0.1) is 15.8 Å². The Morgan fingerprint density at radius 3 is 2.50 bits per heavy atom. The molecule has 1 amide bonds. The predicted octanol–water partition coefficient (Wildman–Crippen LogP) is 6.42. The summed E-state index contributed by atoms with van der Waals surface area (Å²) < 4.78 is 15.2. The SMILES string of the molecule is Cc1ccc(-n2c(SCC(=O)Nc3ccc(F)c(Cl)c3)nnc2-c2ccccc2Cl)cc1. The van der Waals surface area contributed by atoms with Gasteiger partial charge in [-0.05, 0) is 49.4 Å². The summed E-state index contributed by atoms with van der Waals surface area (Å²) in [6, 6.07) is 19.3. The smallest absolute Gasteiger partial charge is 0.234 e. The second-order valence-corrected chi connectivity index (χ2v) is 8.68. The fourth-order valence-electron chi connectivity index (χ4n) is 3.01. The van der Waals surface area contributed by atoms with E-state index in [1.54, 1.807) is 6.07 Å². The number of hydrogen-bond acceptors (Lipinski definition) is 4. The minimum absolute atomic E-state index is 0.0565. The number of carbonyl (C=O) groups is 1. The molecule has 0 saturated carbocycles. The van der Waals surface area contributed by atoms with E-state index in [4.69, 9.17) is 23.2 Å². The van der Waals surface area contributed by atoms with Gasteiger partial charge in [0.2, 0.25) is 5.91 Å². The summed E-state index contributed by atoms with van der Waals surface area (Å²) in [6.07, 6.45) is 0. The van der Waals surface area contributed by atoms with Gasteiger partial charge in [0, 0.05) is 16.9 Å². The molecule has 9 heteroatoms. The number of hydrogen-bond donors (Lipinski definition) is 1. The lowest BCUT2D eigenvalue weighted by molar-refractivity contribution is -0.113. The highest BCUT2D eigenvalue weighted by molar-refractivity contribution is 7.99. The molecule has 1 N–H and O–H groups in total. The van der Waals surface area contributed by atoms with Crippen molar-refractivity contribution in [3.05, 3.63) is 88.2 Å². The van der Waals surface area contributed by atoms with Crippen molar-refractivity contribution in [1.82, 2.24) is 14.8 Å². The monoisotopic (exact) mass is 486 g/mol. The molecule has 162 valence electrons. The van der Waals surface area contributed by atoms with Gasteiger partial charge in [-0.15, -0.1) is 10.2 Å². The first-order valence-electron chi connectivity index (χ1n) is 9.57. The van der Waals surface area contributed by atoms with E-state index in [1.165, 1.54) is 30.0 Å². The van der Waals surface area contributed by atoms with Gasteiger partial charge >= 0.3 is 0 Å². The van der Waals surface area contributed by atoms with Gasteiger partial charge in [0.1, 0.15) is 5.82 Å². The van der Waals surface area contributed by atoms with Gasteiger partial charge in [-0.25, -0.2) is 4.39 Å².